The molecule has 5 rings (SSSR count). The first-order chi connectivity index (χ1) is 15.3. The average Bonchev–Trinajstić information content (AvgIpc) is 3.33. The average molecular weight is 519 g/mol. The summed E-state index contributed by atoms with van der Waals surface area (Å²) in [5.74, 6) is 0.348. The zero-order valence-corrected chi connectivity index (χ0v) is 18.8. The normalized spacial score (nSPS) is 12.0. The molecule has 6 nitrogen and oxygen atoms in total. The number of alkyl halides is 3. The van der Waals surface area contributed by atoms with E-state index in [1.807, 2.05) is 41.9 Å². The van der Waals surface area contributed by atoms with Gasteiger partial charge < -0.3 is 14.9 Å². The molecule has 0 saturated carbocycles. The molecule has 0 aliphatic heterocycles. The molecule has 0 amide bonds. The standard InChI is InChI=1S/C21H14BrF3N6S/c1-31-10-27-18-16(31)6-7-26-19(18)32-13-4-2-12(3-5-13)28-20-29-15-9-11(21(23,24)25)8-14(22)17(15)30-20/h2-10H,1H3,(H2,28,29,30). The summed E-state index contributed by atoms with van der Waals surface area (Å²) in [7, 11) is 1.94. The second-order valence-corrected chi connectivity index (χ2v) is 8.94. The number of anilines is 2. The van der Waals surface area contributed by atoms with Crippen molar-refractivity contribution >= 4 is 61.4 Å². The van der Waals surface area contributed by atoms with Crippen molar-refractivity contribution in [3.8, 4) is 0 Å². The lowest BCUT2D eigenvalue weighted by Gasteiger charge is -2.06. The first-order valence-electron chi connectivity index (χ1n) is 9.35. The van der Waals surface area contributed by atoms with Crippen molar-refractivity contribution in [2.45, 2.75) is 16.1 Å². The van der Waals surface area contributed by atoms with Crippen LogP contribution in [0.25, 0.3) is 22.1 Å². The van der Waals surface area contributed by atoms with Crippen molar-refractivity contribution in [3.63, 3.8) is 0 Å². The Balaban J connectivity index is 1.36. The van der Waals surface area contributed by atoms with Crippen LogP contribution in [0.4, 0.5) is 24.8 Å². The minimum atomic E-state index is -4.43. The number of aromatic amines is 1. The number of nitrogens with one attached hydrogen (secondary N) is 2. The second-order valence-electron chi connectivity index (χ2n) is 7.03. The summed E-state index contributed by atoms with van der Waals surface area (Å²) in [5, 5.41) is 3.90. The van der Waals surface area contributed by atoms with Crippen molar-refractivity contribution in [3.05, 3.63) is 65.0 Å². The van der Waals surface area contributed by atoms with Crippen LogP contribution in [0.3, 0.4) is 0 Å². The summed E-state index contributed by atoms with van der Waals surface area (Å²) in [5.41, 5.74) is 2.55. The van der Waals surface area contributed by atoms with Gasteiger partial charge in [0.15, 0.2) is 0 Å². The Kier molecular flexibility index (Phi) is 5.09. The Morgan fingerprint density at radius 3 is 2.59 bits per heavy atom. The molecule has 0 aliphatic rings. The quantitative estimate of drug-likeness (QED) is 0.283. The molecule has 3 heterocycles. The zero-order chi connectivity index (χ0) is 22.5. The predicted molar refractivity (Wildman–Crippen MR) is 121 cm³/mol. The van der Waals surface area contributed by atoms with E-state index in [0.717, 1.165) is 38.8 Å². The van der Waals surface area contributed by atoms with Gasteiger partial charge in [-0.15, -0.1) is 0 Å². The van der Waals surface area contributed by atoms with Crippen molar-refractivity contribution in [2.24, 2.45) is 7.05 Å². The Hall–Kier alpha value is -3.05. The Bertz CT molecular complexity index is 1440. The maximum Gasteiger partial charge on any atom is 0.416 e. The number of nitrogens with zero attached hydrogens (tertiary/aromatic N) is 4. The fourth-order valence-corrected chi connectivity index (χ4v) is 4.68. The molecule has 5 aromatic rings. The Morgan fingerprint density at radius 2 is 1.84 bits per heavy atom. The highest BCUT2D eigenvalue weighted by atomic mass is 79.9. The van der Waals surface area contributed by atoms with Crippen LogP contribution >= 0.6 is 27.7 Å². The number of H-pyrrole nitrogens is 1. The Labute approximate surface area is 192 Å². The van der Waals surface area contributed by atoms with Crippen LogP contribution in [0.1, 0.15) is 5.56 Å². The number of hydrogen-bond acceptors (Lipinski definition) is 5. The van der Waals surface area contributed by atoms with Crippen LogP contribution in [-0.2, 0) is 13.2 Å². The molecule has 0 fully saturated rings. The summed E-state index contributed by atoms with van der Waals surface area (Å²) in [4.78, 5) is 17.1. The number of imidazole rings is 2. The second kappa shape index (κ2) is 7.82. The minimum absolute atomic E-state index is 0.273. The molecular weight excluding hydrogens is 505 g/mol. The summed E-state index contributed by atoms with van der Waals surface area (Å²) in [6, 6.07) is 11.6. The number of fused-ring (bicyclic) bond motifs is 2. The topological polar surface area (TPSA) is 71.4 Å². The van der Waals surface area contributed by atoms with E-state index in [1.54, 1.807) is 12.5 Å². The van der Waals surface area contributed by atoms with Gasteiger partial charge in [-0.2, -0.15) is 13.2 Å². The molecule has 11 heteroatoms. The Morgan fingerprint density at radius 1 is 1.06 bits per heavy atom. The number of benzene rings is 2. The summed E-state index contributed by atoms with van der Waals surface area (Å²) in [6.45, 7) is 0. The van der Waals surface area contributed by atoms with Crippen molar-refractivity contribution in [1.82, 2.24) is 24.5 Å². The summed E-state index contributed by atoms with van der Waals surface area (Å²) in [6.07, 6.45) is -0.920. The van der Waals surface area contributed by atoms with Gasteiger partial charge in [-0.1, -0.05) is 11.8 Å². The van der Waals surface area contributed by atoms with Gasteiger partial charge in [0.05, 0.1) is 22.9 Å². The lowest BCUT2D eigenvalue weighted by Crippen LogP contribution is -2.04. The van der Waals surface area contributed by atoms with E-state index >= 15 is 0 Å². The fourth-order valence-electron chi connectivity index (χ4n) is 3.27. The van der Waals surface area contributed by atoms with E-state index in [-0.39, 0.29) is 9.99 Å². The SMILES string of the molecule is Cn1cnc2c(Sc3ccc(Nc4nc5c(Br)cc(C(F)(F)F)cc5[nH]4)cc3)nccc21. The van der Waals surface area contributed by atoms with Gasteiger partial charge in [0, 0.05) is 28.3 Å². The van der Waals surface area contributed by atoms with Gasteiger partial charge in [0.1, 0.15) is 16.1 Å². The molecule has 0 unspecified atom stereocenters. The molecule has 2 N–H and O–H groups in total. The first-order valence-corrected chi connectivity index (χ1v) is 11.0. The molecule has 0 atom stereocenters. The predicted octanol–water partition coefficient (Wildman–Crippen LogP) is 6.52. The smallest absolute Gasteiger partial charge is 0.334 e. The molecule has 0 radical (unpaired) electrons. The maximum atomic E-state index is 13.0. The zero-order valence-electron chi connectivity index (χ0n) is 16.4. The molecule has 2 aromatic carbocycles. The summed E-state index contributed by atoms with van der Waals surface area (Å²) < 4.78 is 41.4. The number of rotatable bonds is 4. The van der Waals surface area contributed by atoms with Crippen LogP contribution in [-0.4, -0.2) is 24.5 Å². The van der Waals surface area contributed by atoms with E-state index in [0.29, 0.717) is 11.5 Å². The highest BCUT2D eigenvalue weighted by molar-refractivity contribution is 9.10. The lowest BCUT2D eigenvalue weighted by molar-refractivity contribution is -0.137. The third kappa shape index (κ3) is 3.93. The lowest BCUT2D eigenvalue weighted by atomic mass is 10.2. The highest BCUT2D eigenvalue weighted by Gasteiger charge is 2.31. The van der Waals surface area contributed by atoms with E-state index in [9.17, 15) is 13.2 Å². The molecule has 0 spiro atoms. The number of pyridine rings is 1. The van der Waals surface area contributed by atoms with E-state index in [2.05, 4.69) is 41.2 Å². The third-order valence-corrected chi connectivity index (χ3v) is 6.41. The van der Waals surface area contributed by atoms with Gasteiger partial charge in [0.2, 0.25) is 5.95 Å². The van der Waals surface area contributed by atoms with Crippen molar-refractivity contribution < 1.29 is 13.2 Å². The molecule has 0 saturated heterocycles. The summed E-state index contributed by atoms with van der Waals surface area (Å²) >= 11 is 4.68. The molecule has 0 aliphatic carbocycles. The third-order valence-electron chi connectivity index (χ3n) is 4.81. The van der Waals surface area contributed by atoms with Gasteiger partial charge in [-0.05, 0) is 58.4 Å². The van der Waals surface area contributed by atoms with Crippen LogP contribution in [0.5, 0.6) is 0 Å². The van der Waals surface area contributed by atoms with Gasteiger partial charge in [-0.3, -0.25) is 0 Å². The number of aryl methyl sites for hydroxylation is 1. The molecule has 0 bridgehead atoms. The van der Waals surface area contributed by atoms with Gasteiger partial charge >= 0.3 is 6.18 Å². The van der Waals surface area contributed by atoms with E-state index in [1.165, 1.54) is 11.8 Å². The monoisotopic (exact) mass is 518 g/mol. The van der Waals surface area contributed by atoms with Crippen LogP contribution < -0.4 is 5.32 Å². The van der Waals surface area contributed by atoms with Gasteiger partial charge in [0.25, 0.3) is 0 Å². The number of aromatic nitrogens is 5. The molecule has 162 valence electrons. The van der Waals surface area contributed by atoms with Gasteiger partial charge in [-0.25, -0.2) is 15.0 Å². The molecule has 3 aromatic heterocycles. The minimum Gasteiger partial charge on any atom is -0.334 e. The van der Waals surface area contributed by atoms with Crippen LogP contribution in [0.15, 0.2) is 69.4 Å². The van der Waals surface area contributed by atoms with Crippen LogP contribution in [0.2, 0.25) is 0 Å². The van der Waals surface area contributed by atoms with Crippen molar-refractivity contribution in [2.75, 3.05) is 5.32 Å². The number of halogens is 4. The fraction of sp³-hybridized carbons (Fsp3) is 0.0952. The maximum absolute atomic E-state index is 13.0. The van der Waals surface area contributed by atoms with Crippen LogP contribution in [0, 0.1) is 0 Å². The van der Waals surface area contributed by atoms with Crippen molar-refractivity contribution in [1.29, 1.82) is 0 Å². The van der Waals surface area contributed by atoms with E-state index < -0.39 is 11.7 Å². The highest BCUT2D eigenvalue weighted by Crippen LogP contribution is 2.36. The van der Waals surface area contributed by atoms with E-state index in [4.69, 9.17) is 0 Å². The first kappa shape index (κ1) is 20.8. The molecule has 32 heavy (non-hydrogen) atoms. The number of hydrogen-bond donors (Lipinski definition) is 2. The molecular formula is C21H14BrF3N6S. The largest absolute Gasteiger partial charge is 0.416 e.